The first-order valence-corrected chi connectivity index (χ1v) is 6.40. The summed E-state index contributed by atoms with van der Waals surface area (Å²) >= 11 is 1.77. The van der Waals surface area contributed by atoms with Gasteiger partial charge >= 0.3 is 0 Å². The Morgan fingerprint density at radius 2 is 2.12 bits per heavy atom. The van der Waals surface area contributed by atoms with Gasteiger partial charge < -0.3 is 4.57 Å². The van der Waals surface area contributed by atoms with Crippen LogP contribution in [0, 0.1) is 0 Å². The number of rotatable bonds is 1. The van der Waals surface area contributed by atoms with Gasteiger partial charge in [0.05, 0.1) is 11.9 Å². The lowest BCUT2D eigenvalue weighted by Crippen LogP contribution is -2.15. The number of hydrogen-bond donors (Lipinski definition) is 0. The van der Waals surface area contributed by atoms with Crippen LogP contribution >= 0.6 is 11.8 Å². The quantitative estimate of drug-likeness (QED) is 0.768. The minimum Gasteiger partial charge on any atom is -0.331 e. The monoisotopic (exact) mass is 247 g/mol. The van der Waals surface area contributed by atoms with Crippen molar-refractivity contribution in [2.24, 2.45) is 12.0 Å². The highest BCUT2D eigenvalue weighted by atomic mass is 32.2. The van der Waals surface area contributed by atoms with Crippen LogP contribution in [0.15, 0.2) is 17.6 Å². The summed E-state index contributed by atoms with van der Waals surface area (Å²) in [6.45, 7) is 4.28. The van der Waals surface area contributed by atoms with Gasteiger partial charge in [0.15, 0.2) is 5.82 Å². The Labute approximate surface area is 104 Å². The molecule has 0 aliphatic carbocycles. The van der Waals surface area contributed by atoms with Crippen molar-refractivity contribution in [2.45, 2.75) is 19.4 Å². The molecule has 3 aliphatic heterocycles. The molecule has 17 heavy (non-hydrogen) atoms. The smallest absolute Gasteiger partial charge is 0.183 e. The molecular formula is C11H13N5S. The number of hydrogen-bond acceptors (Lipinski definition) is 5. The van der Waals surface area contributed by atoms with Gasteiger partial charge in [0.1, 0.15) is 22.8 Å². The van der Waals surface area contributed by atoms with Crippen molar-refractivity contribution in [3.05, 3.63) is 18.3 Å². The van der Waals surface area contributed by atoms with Gasteiger partial charge in [-0.15, -0.1) is 11.8 Å². The van der Waals surface area contributed by atoms with Crippen molar-refractivity contribution in [1.82, 2.24) is 19.5 Å². The van der Waals surface area contributed by atoms with E-state index < -0.39 is 0 Å². The molecule has 0 aromatic rings. The summed E-state index contributed by atoms with van der Waals surface area (Å²) in [5, 5.41) is 1.03. The molecular weight excluding hydrogens is 234 g/mol. The van der Waals surface area contributed by atoms with E-state index in [4.69, 9.17) is 4.99 Å². The molecule has 88 valence electrons. The SMILES string of the molecule is Cn1cnc2ncnc-2c1C1=NC(C)(C)CS1. The zero-order valence-corrected chi connectivity index (χ0v) is 10.8. The summed E-state index contributed by atoms with van der Waals surface area (Å²) in [4.78, 5) is 17.4. The first-order valence-electron chi connectivity index (χ1n) is 5.42. The van der Waals surface area contributed by atoms with Crippen molar-refractivity contribution in [3.63, 3.8) is 0 Å². The molecule has 0 atom stereocenters. The second-order valence-electron chi connectivity index (χ2n) is 4.77. The van der Waals surface area contributed by atoms with Crippen molar-refractivity contribution in [3.8, 4) is 11.5 Å². The third kappa shape index (κ3) is 1.72. The van der Waals surface area contributed by atoms with Crippen molar-refractivity contribution >= 4 is 16.8 Å². The average molecular weight is 247 g/mol. The standard InChI is InChI=1S/C11H13N5S/c1-11(2)4-17-10(15-11)8-7-9(13-5-12-7)14-6-16(8)3/h5-6H,4H2,1-3H3. The van der Waals surface area contributed by atoms with Crippen LogP contribution in [0.3, 0.4) is 0 Å². The van der Waals surface area contributed by atoms with Crippen LogP contribution in [0.25, 0.3) is 11.5 Å². The van der Waals surface area contributed by atoms with Crippen molar-refractivity contribution < 1.29 is 0 Å². The van der Waals surface area contributed by atoms with Gasteiger partial charge in [-0.05, 0) is 13.8 Å². The summed E-state index contributed by atoms with van der Waals surface area (Å²) in [6.07, 6.45) is 3.31. The van der Waals surface area contributed by atoms with Crippen molar-refractivity contribution in [1.29, 1.82) is 0 Å². The van der Waals surface area contributed by atoms with Gasteiger partial charge in [0.25, 0.3) is 0 Å². The normalized spacial score (nSPS) is 18.6. The topological polar surface area (TPSA) is 56.0 Å². The van der Waals surface area contributed by atoms with E-state index in [-0.39, 0.29) is 5.54 Å². The van der Waals surface area contributed by atoms with E-state index in [9.17, 15) is 0 Å². The third-order valence-electron chi connectivity index (χ3n) is 2.68. The number of aromatic nitrogens is 4. The Morgan fingerprint density at radius 1 is 1.29 bits per heavy atom. The first kappa shape index (κ1) is 10.7. The number of fused-ring (bicyclic) bond motifs is 1. The first-order chi connectivity index (χ1) is 8.07. The van der Waals surface area contributed by atoms with Gasteiger partial charge in [-0.2, -0.15) is 0 Å². The maximum Gasteiger partial charge on any atom is 0.183 e. The van der Waals surface area contributed by atoms with E-state index in [1.807, 2.05) is 11.6 Å². The minimum absolute atomic E-state index is 0.00259. The Morgan fingerprint density at radius 3 is 2.82 bits per heavy atom. The van der Waals surface area contributed by atoms with E-state index in [0.717, 1.165) is 22.2 Å². The van der Waals surface area contributed by atoms with Crippen LogP contribution in [0.5, 0.6) is 0 Å². The molecule has 0 saturated carbocycles. The summed E-state index contributed by atoms with van der Waals surface area (Å²) in [5.41, 5.74) is 1.85. The van der Waals surface area contributed by atoms with Crippen LogP contribution < -0.4 is 0 Å². The van der Waals surface area contributed by atoms with E-state index in [1.54, 1.807) is 24.4 Å². The molecule has 3 heterocycles. The molecule has 6 heteroatoms. The maximum absolute atomic E-state index is 4.74. The van der Waals surface area contributed by atoms with Crippen LogP contribution in [-0.4, -0.2) is 35.9 Å². The van der Waals surface area contributed by atoms with Crippen LogP contribution in [0.1, 0.15) is 19.5 Å². The van der Waals surface area contributed by atoms with Crippen LogP contribution in [-0.2, 0) is 7.05 Å². The van der Waals surface area contributed by atoms with Crippen molar-refractivity contribution in [2.75, 3.05) is 5.75 Å². The lowest BCUT2D eigenvalue weighted by molar-refractivity contribution is 0.604. The van der Waals surface area contributed by atoms with Gasteiger partial charge in [-0.25, -0.2) is 15.0 Å². The molecule has 0 spiro atoms. The van der Waals surface area contributed by atoms with E-state index >= 15 is 0 Å². The number of imidazole rings is 1. The molecule has 0 saturated heterocycles. The van der Waals surface area contributed by atoms with Gasteiger partial charge in [0, 0.05) is 12.8 Å². The van der Waals surface area contributed by atoms with Crippen LogP contribution in [0.4, 0.5) is 0 Å². The Bertz CT molecular complexity index is 571. The molecule has 0 unspecified atom stereocenters. The fourth-order valence-corrected chi connectivity index (χ4v) is 3.09. The van der Waals surface area contributed by atoms with Gasteiger partial charge in [0.2, 0.25) is 0 Å². The highest BCUT2D eigenvalue weighted by Gasteiger charge is 2.30. The molecule has 0 radical (unpaired) electrons. The van der Waals surface area contributed by atoms with E-state index in [2.05, 4.69) is 28.8 Å². The summed E-state index contributed by atoms with van der Waals surface area (Å²) in [5.74, 6) is 1.69. The number of aliphatic imine (C=N–C) groups is 1. The fourth-order valence-electron chi connectivity index (χ4n) is 1.85. The number of aryl methyl sites for hydroxylation is 1. The molecule has 3 rings (SSSR count). The predicted molar refractivity (Wildman–Crippen MR) is 68.5 cm³/mol. The van der Waals surface area contributed by atoms with E-state index in [0.29, 0.717) is 5.82 Å². The summed E-state index contributed by atoms with van der Waals surface area (Å²) < 4.78 is 1.96. The maximum atomic E-state index is 4.74. The second-order valence-corrected chi connectivity index (χ2v) is 5.73. The molecule has 0 bridgehead atoms. The summed E-state index contributed by atoms with van der Waals surface area (Å²) in [7, 11) is 1.96. The minimum atomic E-state index is 0.00259. The van der Waals surface area contributed by atoms with Gasteiger partial charge in [-0.1, -0.05) is 0 Å². The zero-order chi connectivity index (χ0) is 12.0. The average Bonchev–Trinajstić information content (AvgIpc) is 2.84. The largest absolute Gasteiger partial charge is 0.331 e. The molecule has 3 aliphatic rings. The lowest BCUT2D eigenvalue weighted by Gasteiger charge is -2.11. The summed E-state index contributed by atoms with van der Waals surface area (Å²) in [6, 6.07) is 0. The Kier molecular flexibility index (Phi) is 2.22. The van der Waals surface area contributed by atoms with Gasteiger partial charge in [-0.3, -0.25) is 4.99 Å². The predicted octanol–water partition coefficient (Wildman–Crippen LogP) is 1.59. The molecule has 0 aromatic carbocycles. The molecule has 0 fully saturated rings. The molecule has 0 N–H and O–H groups in total. The van der Waals surface area contributed by atoms with E-state index in [1.165, 1.54) is 0 Å². The molecule has 0 aromatic heterocycles. The molecule has 0 amide bonds. The Balaban J connectivity index is 2.19. The number of thioether (sulfide) groups is 1. The highest BCUT2D eigenvalue weighted by molar-refractivity contribution is 8.14. The zero-order valence-electron chi connectivity index (χ0n) is 10.0. The van der Waals surface area contributed by atoms with Crippen LogP contribution in [0.2, 0.25) is 0 Å². The lowest BCUT2D eigenvalue weighted by atomic mass is 10.1. The third-order valence-corrected chi connectivity index (χ3v) is 4.09. The fraction of sp³-hybridized carbons (Fsp3) is 0.455. The highest BCUT2D eigenvalue weighted by Crippen LogP contribution is 2.33. The molecule has 5 nitrogen and oxygen atoms in total. The second kappa shape index (κ2) is 3.53. The Hall–Kier alpha value is -1.43. The number of nitrogens with zero attached hydrogens (tertiary/aromatic N) is 5.